The molecule has 3 fully saturated rings. The van der Waals surface area contributed by atoms with Crippen molar-refractivity contribution in [3.8, 4) is 5.75 Å². The van der Waals surface area contributed by atoms with E-state index >= 15 is 0 Å². The third-order valence-corrected chi connectivity index (χ3v) is 7.83. The van der Waals surface area contributed by atoms with Crippen LogP contribution in [0.15, 0.2) is 54.6 Å². The van der Waals surface area contributed by atoms with Crippen LogP contribution < -0.4 is 10.1 Å². The number of methoxy groups -OCH3 is 1. The zero-order valence-corrected chi connectivity index (χ0v) is 18.0. The Morgan fingerprint density at radius 2 is 1.93 bits per heavy atom. The van der Waals surface area contributed by atoms with Crippen LogP contribution in [0.5, 0.6) is 5.75 Å². The van der Waals surface area contributed by atoms with Crippen molar-refractivity contribution < 1.29 is 9.53 Å². The summed E-state index contributed by atoms with van der Waals surface area (Å²) in [7, 11) is 1.67. The molecule has 0 unspecified atom stereocenters. The van der Waals surface area contributed by atoms with Gasteiger partial charge < -0.3 is 15.0 Å². The lowest BCUT2D eigenvalue weighted by molar-refractivity contribution is -0.134. The Morgan fingerprint density at radius 1 is 1.13 bits per heavy atom. The maximum Gasteiger partial charge on any atom is 0.227 e. The second kappa shape index (κ2) is 7.73. The second-order valence-corrected chi connectivity index (χ2v) is 9.57. The van der Waals surface area contributed by atoms with Crippen molar-refractivity contribution in [2.24, 2.45) is 5.41 Å². The van der Waals surface area contributed by atoms with E-state index in [2.05, 4.69) is 47.5 Å². The highest BCUT2D eigenvalue weighted by Gasteiger charge is 2.60. The van der Waals surface area contributed by atoms with Crippen LogP contribution in [0.4, 0.5) is 0 Å². The number of hydrogen-bond donors (Lipinski definition) is 1. The Morgan fingerprint density at radius 3 is 2.73 bits per heavy atom. The smallest absolute Gasteiger partial charge is 0.227 e. The average Bonchev–Trinajstić information content (AvgIpc) is 3.07. The molecular weight excluding hydrogens is 372 g/mol. The van der Waals surface area contributed by atoms with Crippen LogP contribution in [0.2, 0.25) is 0 Å². The molecule has 4 heteroatoms. The second-order valence-electron chi connectivity index (χ2n) is 9.57. The number of fused-ring (bicyclic) bond motifs is 1. The highest BCUT2D eigenvalue weighted by molar-refractivity contribution is 5.80. The van der Waals surface area contributed by atoms with E-state index < -0.39 is 0 Å². The number of ether oxygens (including phenoxy) is 1. The molecule has 1 saturated carbocycles. The van der Waals surface area contributed by atoms with Crippen molar-refractivity contribution in [3.63, 3.8) is 0 Å². The number of hydrogen-bond acceptors (Lipinski definition) is 3. The summed E-state index contributed by atoms with van der Waals surface area (Å²) in [4.78, 5) is 15.9. The fourth-order valence-corrected chi connectivity index (χ4v) is 6.37. The Balaban J connectivity index is 1.43. The van der Waals surface area contributed by atoms with Crippen molar-refractivity contribution in [2.75, 3.05) is 7.11 Å². The van der Waals surface area contributed by atoms with Gasteiger partial charge in [-0.1, -0.05) is 49.4 Å². The molecular formula is C26H32N2O2. The summed E-state index contributed by atoms with van der Waals surface area (Å²) < 4.78 is 5.36. The van der Waals surface area contributed by atoms with E-state index in [-0.39, 0.29) is 17.4 Å². The standard InChI is InChI=1S/C26H32N2O2/c1-26-17-22-21(15-18-8-4-3-5-9-18)27-23(26)12-7-13-24(26)28(22)25(29)16-19-10-6-11-20(14-19)30-2/h3-6,8-11,14,21-24,27H,7,12-13,15-17H2,1-2H3/t21-,22+,23-,24+,26-/m1/s1. The van der Waals surface area contributed by atoms with E-state index in [4.69, 9.17) is 4.74 Å². The minimum Gasteiger partial charge on any atom is -0.497 e. The SMILES string of the molecule is COc1cccc(CC(=O)N2[C@H]3CCC[C@H]4N[C@H](Cc5ccccc5)[C@@H]2C[C@@]34C)c1. The molecule has 5 atom stereocenters. The number of likely N-dealkylation sites (tertiary alicyclic amines) is 1. The number of carbonyl (C=O) groups is 1. The molecule has 2 heterocycles. The summed E-state index contributed by atoms with van der Waals surface area (Å²) in [6, 6.07) is 20.1. The first-order valence-corrected chi connectivity index (χ1v) is 11.3. The van der Waals surface area contributed by atoms with Crippen LogP contribution in [-0.2, 0) is 17.6 Å². The van der Waals surface area contributed by atoms with Gasteiger partial charge in [0.2, 0.25) is 5.91 Å². The quantitative estimate of drug-likeness (QED) is 0.820. The fraction of sp³-hybridized carbons (Fsp3) is 0.500. The van der Waals surface area contributed by atoms with Gasteiger partial charge in [0, 0.05) is 29.6 Å². The molecule has 4 nitrogen and oxygen atoms in total. The van der Waals surface area contributed by atoms with Crippen molar-refractivity contribution in [2.45, 2.75) is 69.6 Å². The van der Waals surface area contributed by atoms with Gasteiger partial charge in [-0.15, -0.1) is 0 Å². The monoisotopic (exact) mass is 404 g/mol. The minimum absolute atomic E-state index is 0.195. The number of nitrogens with zero attached hydrogens (tertiary/aromatic N) is 1. The lowest BCUT2D eigenvalue weighted by atomic mass is 9.65. The van der Waals surface area contributed by atoms with Crippen molar-refractivity contribution >= 4 is 5.91 Å². The molecule has 2 aromatic rings. The van der Waals surface area contributed by atoms with Gasteiger partial charge in [0.05, 0.1) is 13.5 Å². The van der Waals surface area contributed by atoms with Gasteiger partial charge in [-0.3, -0.25) is 4.79 Å². The topological polar surface area (TPSA) is 41.6 Å². The van der Waals surface area contributed by atoms with Crippen LogP contribution in [0.1, 0.15) is 43.7 Å². The van der Waals surface area contributed by atoms with Crippen molar-refractivity contribution in [1.29, 1.82) is 0 Å². The predicted octanol–water partition coefficient (Wildman–Crippen LogP) is 3.98. The summed E-state index contributed by atoms with van der Waals surface area (Å²) in [5.41, 5.74) is 2.58. The summed E-state index contributed by atoms with van der Waals surface area (Å²) in [5.74, 6) is 1.08. The van der Waals surface area contributed by atoms with E-state index in [0.717, 1.165) is 30.6 Å². The van der Waals surface area contributed by atoms with Gasteiger partial charge in [-0.2, -0.15) is 0 Å². The number of rotatable bonds is 5. The molecule has 2 saturated heterocycles. The molecule has 158 valence electrons. The highest BCUT2D eigenvalue weighted by Crippen LogP contribution is 2.53. The molecule has 2 aliphatic heterocycles. The minimum atomic E-state index is 0.195. The van der Waals surface area contributed by atoms with E-state index in [1.165, 1.54) is 18.4 Å². The van der Waals surface area contributed by atoms with Crippen LogP contribution in [0.25, 0.3) is 0 Å². The van der Waals surface area contributed by atoms with E-state index in [1.807, 2.05) is 24.3 Å². The third kappa shape index (κ3) is 3.31. The maximum atomic E-state index is 13.7. The number of benzene rings is 2. The molecule has 3 aliphatic rings. The predicted molar refractivity (Wildman–Crippen MR) is 119 cm³/mol. The van der Waals surface area contributed by atoms with E-state index in [9.17, 15) is 4.79 Å². The maximum absolute atomic E-state index is 13.7. The largest absolute Gasteiger partial charge is 0.497 e. The number of nitrogens with one attached hydrogen (secondary N) is 1. The van der Waals surface area contributed by atoms with Gasteiger partial charge in [0.25, 0.3) is 0 Å². The van der Waals surface area contributed by atoms with Crippen molar-refractivity contribution in [3.05, 3.63) is 65.7 Å². The number of amides is 1. The molecule has 0 radical (unpaired) electrons. The first-order chi connectivity index (χ1) is 14.6. The zero-order valence-electron chi connectivity index (χ0n) is 18.0. The van der Waals surface area contributed by atoms with E-state index in [0.29, 0.717) is 24.5 Å². The molecule has 0 spiro atoms. The first kappa shape index (κ1) is 19.6. The van der Waals surface area contributed by atoms with Gasteiger partial charge in [0.15, 0.2) is 0 Å². The Bertz CT molecular complexity index is 914. The Labute approximate surface area is 179 Å². The summed E-state index contributed by atoms with van der Waals surface area (Å²) in [6.07, 6.45) is 6.11. The number of carbonyl (C=O) groups excluding carboxylic acids is 1. The van der Waals surface area contributed by atoms with Crippen LogP contribution in [0, 0.1) is 5.41 Å². The molecule has 1 N–H and O–H groups in total. The fourth-order valence-electron chi connectivity index (χ4n) is 6.37. The summed E-state index contributed by atoms with van der Waals surface area (Å²) >= 11 is 0. The molecule has 2 aromatic carbocycles. The lowest BCUT2D eigenvalue weighted by Gasteiger charge is -2.46. The van der Waals surface area contributed by atoms with Gasteiger partial charge >= 0.3 is 0 Å². The molecule has 1 amide bonds. The van der Waals surface area contributed by atoms with Crippen molar-refractivity contribution in [1.82, 2.24) is 10.2 Å². The highest BCUT2D eigenvalue weighted by atomic mass is 16.5. The lowest BCUT2D eigenvalue weighted by Crippen LogP contribution is -2.58. The van der Waals surface area contributed by atoms with Gasteiger partial charge in [-0.05, 0) is 55.4 Å². The molecule has 2 bridgehead atoms. The molecule has 30 heavy (non-hydrogen) atoms. The molecule has 0 aromatic heterocycles. The summed E-state index contributed by atoms with van der Waals surface area (Å²) in [5, 5.41) is 3.99. The van der Waals surface area contributed by atoms with E-state index in [1.54, 1.807) is 7.11 Å². The van der Waals surface area contributed by atoms with Crippen LogP contribution >= 0.6 is 0 Å². The van der Waals surface area contributed by atoms with Crippen LogP contribution in [-0.4, -0.2) is 42.1 Å². The van der Waals surface area contributed by atoms with Crippen LogP contribution in [0.3, 0.4) is 0 Å². The zero-order chi connectivity index (χ0) is 20.7. The van der Waals surface area contributed by atoms with Gasteiger partial charge in [-0.25, -0.2) is 0 Å². The third-order valence-electron chi connectivity index (χ3n) is 7.83. The first-order valence-electron chi connectivity index (χ1n) is 11.3. The Hall–Kier alpha value is -2.33. The molecule has 5 rings (SSSR count). The average molecular weight is 405 g/mol. The Kier molecular flexibility index (Phi) is 5.06. The summed E-state index contributed by atoms with van der Waals surface area (Å²) in [6.45, 7) is 2.42. The van der Waals surface area contributed by atoms with Gasteiger partial charge in [0.1, 0.15) is 5.75 Å². The number of piperidine rings is 1. The molecule has 1 aliphatic carbocycles. The normalized spacial score (nSPS) is 32.1.